The first-order valence-electron chi connectivity index (χ1n) is 9.59. The van der Waals surface area contributed by atoms with Crippen molar-refractivity contribution in [2.75, 3.05) is 5.32 Å². The Hall–Kier alpha value is -3.88. The van der Waals surface area contributed by atoms with Crippen molar-refractivity contribution in [1.29, 1.82) is 0 Å². The van der Waals surface area contributed by atoms with Gasteiger partial charge in [0.15, 0.2) is 5.82 Å². The Labute approximate surface area is 180 Å². The first-order chi connectivity index (χ1) is 15.3. The molecule has 0 saturated heterocycles. The molecule has 3 aromatic carbocycles. The number of fused-ring (bicyclic) bond motifs is 1. The molecule has 0 fully saturated rings. The van der Waals surface area contributed by atoms with Gasteiger partial charge >= 0.3 is 6.36 Å². The van der Waals surface area contributed by atoms with Gasteiger partial charge in [0.2, 0.25) is 0 Å². The standard InChI is InChI=1S/C23H17F4N3O2/c24-13-15-9-11-16(12-10-15)14-30-19-7-3-1-5-17(19)21(29-30)28-22(31)18-6-2-4-8-20(18)32-23(25,26)27/h1-12H,13-14H2,(H,28,29,31). The van der Waals surface area contributed by atoms with E-state index in [9.17, 15) is 22.4 Å². The minimum absolute atomic E-state index is 0.202. The molecule has 9 heteroatoms. The quantitative estimate of drug-likeness (QED) is 0.389. The summed E-state index contributed by atoms with van der Waals surface area (Å²) < 4.78 is 56.4. The molecule has 4 rings (SSSR count). The number of rotatable bonds is 6. The smallest absolute Gasteiger partial charge is 0.405 e. The summed E-state index contributed by atoms with van der Waals surface area (Å²) in [6.45, 7) is -0.197. The second-order valence-corrected chi connectivity index (χ2v) is 6.97. The number of carbonyl (C=O) groups is 1. The third-order valence-electron chi connectivity index (χ3n) is 4.76. The highest BCUT2D eigenvalue weighted by Crippen LogP contribution is 2.28. The van der Waals surface area contributed by atoms with E-state index in [2.05, 4.69) is 15.2 Å². The number of ether oxygens (including phenoxy) is 1. The van der Waals surface area contributed by atoms with E-state index in [1.54, 1.807) is 41.1 Å². The summed E-state index contributed by atoms with van der Waals surface area (Å²) in [7, 11) is 0. The molecule has 0 aliphatic carbocycles. The maximum Gasteiger partial charge on any atom is 0.573 e. The van der Waals surface area contributed by atoms with Gasteiger partial charge in [0, 0.05) is 5.39 Å². The Morgan fingerprint density at radius 2 is 1.59 bits per heavy atom. The summed E-state index contributed by atoms with van der Waals surface area (Å²) >= 11 is 0. The maximum absolute atomic E-state index is 12.8. The van der Waals surface area contributed by atoms with Crippen LogP contribution in [0.1, 0.15) is 21.5 Å². The van der Waals surface area contributed by atoms with E-state index in [0.29, 0.717) is 17.5 Å². The minimum atomic E-state index is -4.93. The normalized spacial score (nSPS) is 11.5. The van der Waals surface area contributed by atoms with Crippen LogP contribution in [-0.4, -0.2) is 22.1 Å². The van der Waals surface area contributed by atoms with E-state index in [1.165, 1.54) is 18.2 Å². The average Bonchev–Trinajstić information content (AvgIpc) is 3.11. The summed E-state index contributed by atoms with van der Waals surface area (Å²) in [6, 6.07) is 19.2. The van der Waals surface area contributed by atoms with Crippen molar-refractivity contribution in [2.24, 2.45) is 0 Å². The number of hydrogen-bond donors (Lipinski definition) is 1. The fraction of sp³-hybridized carbons (Fsp3) is 0.130. The highest BCUT2D eigenvalue weighted by atomic mass is 19.4. The van der Waals surface area contributed by atoms with Crippen LogP contribution in [0.5, 0.6) is 5.75 Å². The number of benzene rings is 3. The van der Waals surface area contributed by atoms with Crippen molar-refractivity contribution in [2.45, 2.75) is 19.6 Å². The third-order valence-corrected chi connectivity index (χ3v) is 4.76. The van der Waals surface area contributed by atoms with Gasteiger partial charge in [-0.05, 0) is 35.4 Å². The van der Waals surface area contributed by atoms with Crippen LogP contribution in [0, 0.1) is 0 Å². The molecule has 0 atom stereocenters. The first kappa shape index (κ1) is 21.4. The predicted molar refractivity (Wildman–Crippen MR) is 111 cm³/mol. The highest BCUT2D eigenvalue weighted by Gasteiger charge is 2.33. The van der Waals surface area contributed by atoms with Gasteiger partial charge in [0.25, 0.3) is 5.91 Å². The molecule has 4 aromatic rings. The maximum atomic E-state index is 12.8. The SMILES string of the molecule is O=C(Nc1nn(Cc2ccc(CF)cc2)c2ccccc12)c1ccccc1OC(F)(F)F. The number of aromatic nitrogens is 2. The summed E-state index contributed by atoms with van der Waals surface area (Å²) in [4.78, 5) is 12.8. The summed E-state index contributed by atoms with van der Waals surface area (Å²) in [5.41, 5.74) is 1.88. The lowest BCUT2D eigenvalue weighted by atomic mass is 10.1. The van der Waals surface area contributed by atoms with Crippen LogP contribution < -0.4 is 10.1 Å². The van der Waals surface area contributed by atoms with Crippen molar-refractivity contribution >= 4 is 22.6 Å². The molecule has 1 amide bonds. The van der Waals surface area contributed by atoms with Crippen LogP contribution in [0.4, 0.5) is 23.4 Å². The topological polar surface area (TPSA) is 56.2 Å². The molecule has 32 heavy (non-hydrogen) atoms. The zero-order valence-electron chi connectivity index (χ0n) is 16.6. The number of alkyl halides is 4. The molecule has 0 bridgehead atoms. The summed E-state index contributed by atoms with van der Waals surface area (Å²) in [5, 5.41) is 7.65. The number of para-hydroxylation sites is 2. The molecule has 0 aliphatic heterocycles. The first-order valence-corrected chi connectivity index (χ1v) is 9.59. The monoisotopic (exact) mass is 443 g/mol. The van der Waals surface area contributed by atoms with Gasteiger partial charge in [-0.3, -0.25) is 9.48 Å². The van der Waals surface area contributed by atoms with Crippen LogP contribution in [0.25, 0.3) is 10.9 Å². The van der Waals surface area contributed by atoms with Crippen molar-refractivity contribution in [3.8, 4) is 5.75 Å². The Kier molecular flexibility index (Phi) is 5.81. The molecule has 0 spiro atoms. The fourth-order valence-corrected chi connectivity index (χ4v) is 3.29. The zero-order valence-corrected chi connectivity index (χ0v) is 16.6. The van der Waals surface area contributed by atoms with Crippen LogP contribution in [0.15, 0.2) is 72.8 Å². The Bertz CT molecular complexity index is 1250. The number of amides is 1. The van der Waals surface area contributed by atoms with Crippen molar-refractivity contribution in [3.05, 3.63) is 89.5 Å². The van der Waals surface area contributed by atoms with Gasteiger partial charge in [-0.15, -0.1) is 13.2 Å². The van der Waals surface area contributed by atoms with E-state index < -0.39 is 24.7 Å². The van der Waals surface area contributed by atoms with Crippen LogP contribution >= 0.6 is 0 Å². The fourth-order valence-electron chi connectivity index (χ4n) is 3.29. The molecule has 1 heterocycles. The van der Waals surface area contributed by atoms with Gasteiger partial charge < -0.3 is 10.1 Å². The number of anilines is 1. The molecular weight excluding hydrogens is 426 g/mol. The van der Waals surface area contributed by atoms with Crippen LogP contribution in [0.3, 0.4) is 0 Å². The molecule has 1 N–H and O–H groups in total. The van der Waals surface area contributed by atoms with Crippen LogP contribution in [-0.2, 0) is 13.2 Å². The van der Waals surface area contributed by atoms with E-state index in [-0.39, 0.29) is 11.4 Å². The van der Waals surface area contributed by atoms with Crippen molar-refractivity contribution < 1.29 is 27.1 Å². The zero-order chi connectivity index (χ0) is 22.7. The molecule has 164 valence electrons. The predicted octanol–water partition coefficient (Wildman–Crippen LogP) is 5.71. The third kappa shape index (κ3) is 4.72. The van der Waals surface area contributed by atoms with Gasteiger partial charge in [0.1, 0.15) is 12.4 Å². The lowest BCUT2D eigenvalue weighted by Crippen LogP contribution is -2.21. The molecule has 5 nitrogen and oxygen atoms in total. The van der Waals surface area contributed by atoms with Gasteiger partial charge in [-0.1, -0.05) is 48.5 Å². The Balaban J connectivity index is 1.64. The highest BCUT2D eigenvalue weighted by molar-refractivity contribution is 6.09. The number of nitrogens with one attached hydrogen (secondary N) is 1. The molecule has 0 radical (unpaired) electrons. The largest absolute Gasteiger partial charge is 0.573 e. The summed E-state index contributed by atoms with van der Waals surface area (Å²) in [5.74, 6) is -1.19. The van der Waals surface area contributed by atoms with E-state index in [0.717, 1.165) is 17.1 Å². The van der Waals surface area contributed by atoms with Crippen molar-refractivity contribution in [1.82, 2.24) is 9.78 Å². The second kappa shape index (κ2) is 8.70. The number of carbonyl (C=O) groups excluding carboxylic acids is 1. The molecule has 0 aliphatic rings. The molecule has 1 aromatic heterocycles. The number of nitrogens with zero attached hydrogens (tertiary/aromatic N) is 2. The number of halogens is 4. The van der Waals surface area contributed by atoms with Crippen LogP contribution in [0.2, 0.25) is 0 Å². The Morgan fingerprint density at radius 1 is 0.938 bits per heavy atom. The average molecular weight is 443 g/mol. The number of hydrogen-bond acceptors (Lipinski definition) is 3. The van der Waals surface area contributed by atoms with Crippen molar-refractivity contribution in [3.63, 3.8) is 0 Å². The summed E-state index contributed by atoms with van der Waals surface area (Å²) in [6.07, 6.45) is -4.93. The second-order valence-electron chi connectivity index (χ2n) is 6.97. The molecule has 0 saturated carbocycles. The molecular formula is C23H17F4N3O2. The van der Waals surface area contributed by atoms with Gasteiger partial charge in [-0.2, -0.15) is 5.10 Å². The van der Waals surface area contributed by atoms with E-state index in [1.807, 2.05) is 12.1 Å². The van der Waals surface area contributed by atoms with E-state index in [4.69, 9.17) is 0 Å². The van der Waals surface area contributed by atoms with Gasteiger partial charge in [0.05, 0.1) is 17.6 Å². The van der Waals surface area contributed by atoms with Gasteiger partial charge in [-0.25, -0.2) is 4.39 Å². The van der Waals surface area contributed by atoms with E-state index >= 15 is 0 Å². The lowest BCUT2D eigenvalue weighted by molar-refractivity contribution is -0.274. The lowest BCUT2D eigenvalue weighted by Gasteiger charge is -2.12. The Morgan fingerprint density at radius 3 is 2.31 bits per heavy atom. The molecule has 0 unspecified atom stereocenters. The minimum Gasteiger partial charge on any atom is -0.405 e.